The molecule has 0 aliphatic heterocycles. The predicted octanol–water partition coefficient (Wildman–Crippen LogP) is 1.84. The monoisotopic (exact) mass is 194 g/mol. The zero-order valence-electron chi connectivity index (χ0n) is 7.28. The molecule has 4 heteroatoms. The van der Waals surface area contributed by atoms with Gasteiger partial charge in [0, 0.05) is 0 Å². The second kappa shape index (κ2) is 4.63. The highest BCUT2D eigenvalue weighted by Crippen LogP contribution is 2.15. The standard InChI is InChI=1S/C9H10N2OS/c1-7(8-3-5-13-6-8)11-9(12)2-4-10/h3,5-7H,2H2,1H3,(H,11,12). The molecular weight excluding hydrogens is 184 g/mol. The number of hydrogen-bond donors (Lipinski definition) is 1. The SMILES string of the molecule is CC(NC(=O)CC#N)c1ccsc1. The topological polar surface area (TPSA) is 52.9 Å². The van der Waals surface area contributed by atoms with Crippen molar-refractivity contribution in [3.8, 4) is 6.07 Å². The lowest BCUT2D eigenvalue weighted by Crippen LogP contribution is -2.25. The molecule has 0 spiro atoms. The van der Waals surface area contributed by atoms with Gasteiger partial charge in [0.15, 0.2) is 0 Å². The molecule has 1 amide bonds. The summed E-state index contributed by atoms with van der Waals surface area (Å²) >= 11 is 1.59. The van der Waals surface area contributed by atoms with Gasteiger partial charge in [0.05, 0.1) is 12.1 Å². The summed E-state index contributed by atoms with van der Waals surface area (Å²) in [6.45, 7) is 1.90. The number of carbonyl (C=O) groups excluding carboxylic acids is 1. The second-order valence-corrected chi connectivity index (χ2v) is 3.46. The van der Waals surface area contributed by atoms with Crippen molar-refractivity contribution in [1.29, 1.82) is 5.26 Å². The van der Waals surface area contributed by atoms with E-state index < -0.39 is 0 Å². The number of amides is 1. The Hall–Kier alpha value is -1.34. The molecule has 1 heterocycles. The van der Waals surface area contributed by atoms with Gasteiger partial charge in [-0.05, 0) is 29.3 Å². The number of carbonyl (C=O) groups is 1. The molecule has 0 aliphatic rings. The minimum atomic E-state index is -0.221. The van der Waals surface area contributed by atoms with E-state index in [0.717, 1.165) is 5.56 Å². The van der Waals surface area contributed by atoms with Crippen LogP contribution in [0.3, 0.4) is 0 Å². The highest BCUT2D eigenvalue weighted by atomic mass is 32.1. The van der Waals surface area contributed by atoms with Crippen molar-refractivity contribution in [1.82, 2.24) is 5.32 Å². The van der Waals surface area contributed by atoms with Gasteiger partial charge in [0.2, 0.25) is 5.91 Å². The molecule has 0 saturated heterocycles. The van der Waals surface area contributed by atoms with Crippen LogP contribution < -0.4 is 5.32 Å². The third-order valence-electron chi connectivity index (χ3n) is 1.66. The zero-order chi connectivity index (χ0) is 9.68. The van der Waals surface area contributed by atoms with Gasteiger partial charge in [-0.25, -0.2) is 0 Å². The molecule has 0 fully saturated rings. The van der Waals surface area contributed by atoms with E-state index in [9.17, 15) is 4.79 Å². The highest BCUT2D eigenvalue weighted by molar-refractivity contribution is 7.07. The summed E-state index contributed by atoms with van der Waals surface area (Å²) in [6, 6.07) is 3.76. The summed E-state index contributed by atoms with van der Waals surface area (Å²) in [5.41, 5.74) is 1.08. The molecule has 0 aliphatic carbocycles. The van der Waals surface area contributed by atoms with Crippen LogP contribution in [0.15, 0.2) is 16.8 Å². The van der Waals surface area contributed by atoms with Gasteiger partial charge in [0.1, 0.15) is 6.42 Å². The first-order chi connectivity index (χ1) is 6.24. The molecule has 68 valence electrons. The first-order valence-corrected chi connectivity index (χ1v) is 4.86. The van der Waals surface area contributed by atoms with Crippen molar-refractivity contribution in [2.75, 3.05) is 0 Å². The number of nitrogens with zero attached hydrogens (tertiary/aromatic N) is 1. The molecule has 0 aromatic carbocycles. The lowest BCUT2D eigenvalue weighted by Gasteiger charge is -2.10. The Morgan fingerprint density at radius 1 is 1.85 bits per heavy atom. The number of hydrogen-bond acceptors (Lipinski definition) is 3. The lowest BCUT2D eigenvalue weighted by atomic mass is 10.2. The van der Waals surface area contributed by atoms with E-state index in [-0.39, 0.29) is 18.4 Å². The van der Waals surface area contributed by atoms with Gasteiger partial charge in [-0.3, -0.25) is 4.79 Å². The Bertz CT molecular complexity index is 313. The molecule has 1 rings (SSSR count). The molecule has 3 nitrogen and oxygen atoms in total. The van der Waals surface area contributed by atoms with Crippen molar-refractivity contribution in [2.24, 2.45) is 0 Å². The van der Waals surface area contributed by atoms with Gasteiger partial charge in [0.25, 0.3) is 0 Å². The molecule has 1 unspecified atom stereocenters. The average Bonchev–Trinajstić information content (AvgIpc) is 2.55. The van der Waals surface area contributed by atoms with Gasteiger partial charge in [-0.1, -0.05) is 0 Å². The van der Waals surface area contributed by atoms with Crippen LogP contribution in [0, 0.1) is 11.3 Å². The Kier molecular flexibility index (Phi) is 3.47. The third-order valence-corrected chi connectivity index (χ3v) is 2.36. The van der Waals surface area contributed by atoms with E-state index in [2.05, 4.69) is 5.32 Å². The van der Waals surface area contributed by atoms with Crippen LogP contribution in [0.5, 0.6) is 0 Å². The largest absolute Gasteiger partial charge is 0.349 e. The smallest absolute Gasteiger partial charge is 0.234 e. The van der Waals surface area contributed by atoms with Gasteiger partial charge in [-0.2, -0.15) is 16.6 Å². The van der Waals surface area contributed by atoms with Crippen molar-refractivity contribution in [3.05, 3.63) is 22.4 Å². The molecule has 1 aromatic rings. The normalized spacial score (nSPS) is 11.7. The molecule has 13 heavy (non-hydrogen) atoms. The molecule has 1 N–H and O–H groups in total. The fourth-order valence-corrected chi connectivity index (χ4v) is 1.72. The first-order valence-electron chi connectivity index (χ1n) is 3.92. The molecule has 0 radical (unpaired) electrons. The van der Waals surface area contributed by atoms with E-state index in [1.54, 1.807) is 11.3 Å². The van der Waals surface area contributed by atoms with Gasteiger partial charge < -0.3 is 5.32 Å². The Morgan fingerprint density at radius 3 is 3.15 bits per heavy atom. The van der Waals surface area contributed by atoms with Gasteiger partial charge in [-0.15, -0.1) is 0 Å². The Morgan fingerprint density at radius 2 is 2.62 bits per heavy atom. The second-order valence-electron chi connectivity index (χ2n) is 2.68. The molecule has 1 aromatic heterocycles. The van der Waals surface area contributed by atoms with Crippen molar-refractivity contribution in [2.45, 2.75) is 19.4 Å². The van der Waals surface area contributed by atoms with Crippen LogP contribution in [0.4, 0.5) is 0 Å². The summed E-state index contributed by atoms with van der Waals surface area (Å²) in [7, 11) is 0. The first kappa shape index (κ1) is 9.75. The van der Waals surface area contributed by atoms with E-state index in [4.69, 9.17) is 5.26 Å². The molecular formula is C9H10N2OS. The van der Waals surface area contributed by atoms with Crippen LogP contribution in [-0.4, -0.2) is 5.91 Å². The minimum Gasteiger partial charge on any atom is -0.349 e. The number of rotatable bonds is 3. The maximum atomic E-state index is 11.0. The summed E-state index contributed by atoms with van der Waals surface area (Å²) in [4.78, 5) is 11.0. The van der Waals surface area contributed by atoms with E-state index in [1.165, 1.54) is 0 Å². The van der Waals surface area contributed by atoms with Gasteiger partial charge >= 0.3 is 0 Å². The van der Waals surface area contributed by atoms with E-state index in [1.807, 2.05) is 29.8 Å². The van der Waals surface area contributed by atoms with E-state index in [0.29, 0.717) is 0 Å². The fraction of sp³-hybridized carbons (Fsp3) is 0.333. The fourth-order valence-electron chi connectivity index (χ4n) is 0.969. The van der Waals surface area contributed by atoms with Crippen LogP contribution in [0.25, 0.3) is 0 Å². The number of nitrogens with one attached hydrogen (secondary N) is 1. The third kappa shape index (κ3) is 2.88. The lowest BCUT2D eigenvalue weighted by molar-refractivity contribution is -0.120. The quantitative estimate of drug-likeness (QED) is 0.798. The molecule has 1 atom stereocenters. The number of thiophene rings is 1. The Labute approximate surface area is 81.0 Å². The maximum Gasteiger partial charge on any atom is 0.234 e. The van der Waals surface area contributed by atoms with Crippen LogP contribution in [0.2, 0.25) is 0 Å². The van der Waals surface area contributed by atoms with Crippen LogP contribution in [0.1, 0.15) is 24.9 Å². The highest BCUT2D eigenvalue weighted by Gasteiger charge is 2.08. The average molecular weight is 194 g/mol. The Balaban J connectivity index is 2.47. The zero-order valence-corrected chi connectivity index (χ0v) is 8.10. The minimum absolute atomic E-state index is 0.00731. The van der Waals surface area contributed by atoms with Crippen molar-refractivity contribution < 1.29 is 4.79 Å². The summed E-state index contributed by atoms with van der Waals surface area (Å²) in [5, 5.41) is 14.9. The molecule has 0 bridgehead atoms. The summed E-state index contributed by atoms with van der Waals surface area (Å²) in [6.07, 6.45) is -0.0749. The number of nitriles is 1. The van der Waals surface area contributed by atoms with Crippen LogP contribution >= 0.6 is 11.3 Å². The summed E-state index contributed by atoms with van der Waals surface area (Å²) < 4.78 is 0. The van der Waals surface area contributed by atoms with Crippen LogP contribution in [-0.2, 0) is 4.79 Å². The van der Waals surface area contributed by atoms with Crippen molar-refractivity contribution >= 4 is 17.2 Å². The maximum absolute atomic E-state index is 11.0. The molecule has 0 saturated carbocycles. The summed E-state index contributed by atoms with van der Waals surface area (Å²) in [5.74, 6) is -0.221. The van der Waals surface area contributed by atoms with E-state index >= 15 is 0 Å². The predicted molar refractivity (Wildman–Crippen MR) is 51.1 cm³/mol. The van der Waals surface area contributed by atoms with Crippen molar-refractivity contribution in [3.63, 3.8) is 0 Å².